The molecule has 0 aliphatic carbocycles. The second-order valence-corrected chi connectivity index (χ2v) is 9.93. The summed E-state index contributed by atoms with van der Waals surface area (Å²) in [6, 6.07) is 15.3. The van der Waals surface area contributed by atoms with Gasteiger partial charge in [-0.3, -0.25) is 14.5 Å². The maximum Gasteiger partial charge on any atom is 0.278 e. The lowest BCUT2D eigenvalue weighted by Crippen LogP contribution is -2.71. The van der Waals surface area contributed by atoms with E-state index in [9.17, 15) is 19.5 Å². The van der Waals surface area contributed by atoms with Crippen molar-refractivity contribution in [2.75, 3.05) is 17.7 Å². The molecule has 1 saturated heterocycles. The summed E-state index contributed by atoms with van der Waals surface area (Å²) in [4.78, 5) is 53.3. The van der Waals surface area contributed by atoms with Gasteiger partial charge in [-0.2, -0.15) is 0 Å². The number of aliphatic carboxylic acids is 1. The quantitative estimate of drug-likeness (QED) is 0.0856. The molecule has 0 radical (unpaired) electrons. The van der Waals surface area contributed by atoms with Crippen LogP contribution in [-0.2, 0) is 25.8 Å². The number of para-hydroxylation sites is 1. The van der Waals surface area contributed by atoms with Gasteiger partial charge in [-0.25, -0.2) is 14.5 Å². The van der Waals surface area contributed by atoms with Gasteiger partial charge in [-0.15, -0.1) is 18.2 Å². The van der Waals surface area contributed by atoms with E-state index in [2.05, 4.69) is 31.7 Å². The van der Waals surface area contributed by atoms with Crippen LogP contribution in [0.25, 0.3) is 0 Å². The molecule has 12 nitrogen and oxygen atoms in total. The van der Waals surface area contributed by atoms with Gasteiger partial charge in [0.15, 0.2) is 31.4 Å². The standard InChI is InChI=1S/C28H23N7O5S/c1-2-15-40-33-21(24-29-12-11-20(31-24)30-19-9-5-3-6-10-19)25(36)32-22-26(37)35-23(28(38)39)18(17-41-27(22)35)16-34-13-7-4-8-14-34/h1,3-14,22,27H,15-17H2,(H2-,29,30,31,32,36,38,39)/t22?,27-/m0/s1. The predicted molar refractivity (Wildman–Crippen MR) is 147 cm³/mol. The molecule has 2 amide bonds. The molecule has 206 valence electrons. The summed E-state index contributed by atoms with van der Waals surface area (Å²) in [7, 11) is 0. The van der Waals surface area contributed by atoms with E-state index in [0.717, 1.165) is 10.6 Å². The maximum absolute atomic E-state index is 13.4. The van der Waals surface area contributed by atoms with Crippen LogP contribution in [0.4, 0.5) is 11.5 Å². The molecule has 4 heterocycles. The monoisotopic (exact) mass is 569 g/mol. The molecular weight excluding hydrogens is 546 g/mol. The lowest BCUT2D eigenvalue weighted by atomic mass is 10.0. The van der Waals surface area contributed by atoms with Crippen molar-refractivity contribution in [1.82, 2.24) is 20.2 Å². The molecule has 13 heteroatoms. The smallest absolute Gasteiger partial charge is 0.278 e. The second kappa shape index (κ2) is 12.3. The van der Waals surface area contributed by atoms with Crippen LogP contribution in [-0.4, -0.2) is 62.1 Å². The number of anilines is 2. The van der Waals surface area contributed by atoms with Gasteiger partial charge < -0.3 is 25.4 Å². The number of carbonyl (C=O) groups excluding carboxylic acids is 3. The zero-order valence-electron chi connectivity index (χ0n) is 21.5. The van der Waals surface area contributed by atoms with E-state index in [1.165, 1.54) is 18.0 Å². The first-order valence-electron chi connectivity index (χ1n) is 12.4. The number of rotatable bonds is 10. The van der Waals surface area contributed by atoms with Crippen molar-refractivity contribution in [3.8, 4) is 12.3 Å². The summed E-state index contributed by atoms with van der Waals surface area (Å²) < 4.78 is 1.81. The number of aromatic nitrogens is 3. The fourth-order valence-corrected chi connectivity index (χ4v) is 5.63. The van der Waals surface area contributed by atoms with Gasteiger partial charge in [-0.1, -0.05) is 35.3 Å². The third kappa shape index (κ3) is 6.02. The van der Waals surface area contributed by atoms with Crippen molar-refractivity contribution in [2.24, 2.45) is 5.16 Å². The third-order valence-electron chi connectivity index (χ3n) is 6.11. The van der Waals surface area contributed by atoms with Crippen molar-refractivity contribution < 1.29 is 28.9 Å². The number of hydrogen-bond donors (Lipinski definition) is 2. The highest BCUT2D eigenvalue weighted by atomic mass is 32.2. The zero-order chi connectivity index (χ0) is 28.8. The zero-order valence-corrected chi connectivity index (χ0v) is 22.3. The van der Waals surface area contributed by atoms with E-state index in [1.54, 1.807) is 18.5 Å². The summed E-state index contributed by atoms with van der Waals surface area (Å²) in [6.45, 7) is 0.0635. The average Bonchev–Trinajstić information content (AvgIpc) is 2.99. The van der Waals surface area contributed by atoms with Gasteiger partial charge in [0.05, 0.1) is 11.7 Å². The number of carbonyl (C=O) groups is 3. The predicted octanol–water partition coefficient (Wildman–Crippen LogP) is -0.0343. The highest BCUT2D eigenvalue weighted by Crippen LogP contribution is 2.40. The molecule has 0 spiro atoms. The Morgan fingerprint density at radius 2 is 1.95 bits per heavy atom. The summed E-state index contributed by atoms with van der Waals surface area (Å²) in [5.41, 5.74) is 0.803. The minimum Gasteiger partial charge on any atom is -0.543 e. The molecule has 5 rings (SSSR count). The molecule has 1 unspecified atom stereocenters. The molecule has 0 bridgehead atoms. The molecule has 2 aromatic heterocycles. The normalized spacial score (nSPS) is 18.1. The number of nitrogens with one attached hydrogen (secondary N) is 2. The number of amides is 2. The van der Waals surface area contributed by atoms with Crippen LogP contribution >= 0.6 is 11.8 Å². The number of terminal acetylenes is 1. The maximum atomic E-state index is 13.4. The van der Waals surface area contributed by atoms with Crippen LogP contribution in [0.3, 0.4) is 0 Å². The van der Waals surface area contributed by atoms with Gasteiger partial charge in [0.1, 0.15) is 17.2 Å². The Hall–Kier alpha value is -5.22. The number of oxime groups is 1. The minimum atomic E-state index is -1.46. The Morgan fingerprint density at radius 1 is 1.20 bits per heavy atom. The van der Waals surface area contributed by atoms with E-state index in [4.69, 9.17) is 11.3 Å². The fourth-order valence-electron chi connectivity index (χ4n) is 4.29. The van der Waals surface area contributed by atoms with Crippen molar-refractivity contribution in [3.05, 3.63) is 90.3 Å². The second-order valence-electron chi connectivity index (χ2n) is 8.82. The fraction of sp³-hybridized carbons (Fsp3) is 0.179. The van der Waals surface area contributed by atoms with Gasteiger partial charge in [0.25, 0.3) is 11.8 Å². The first kappa shape index (κ1) is 27.4. The minimum absolute atomic E-state index is 0.0714. The van der Waals surface area contributed by atoms with Gasteiger partial charge >= 0.3 is 0 Å². The van der Waals surface area contributed by atoms with Gasteiger partial charge in [-0.05, 0) is 18.2 Å². The Bertz CT molecular complexity index is 1570. The van der Waals surface area contributed by atoms with E-state index >= 15 is 0 Å². The van der Waals surface area contributed by atoms with Crippen molar-refractivity contribution in [3.63, 3.8) is 0 Å². The SMILES string of the molecule is C#CCON=C(C(=O)NC1C(=O)N2C(C(=O)[O-])=C(C[n+]3ccccc3)CS[C@@H]12)c1nccc(Nc2ccccc2)n1. The molecule has 2 aliphatic heterocycles. The molecule has 3 aromatic rings. The molecule has 0 saturated carbocycles. The first-order chi connectivity index (χ1) is 20.0. The third-order valence-corrected chi connectivity index (χ3v) is 7.45. The number of thioether (sulfide) groups is 1. The van der Waals surface area contributed by atoms with Crippen LogP contribution < -0.4 is 20.3 Å². The van der Waals surface area contributed by atoms with Crippen LogP contribution in [0, 0.1) is 12.3 Å². The largest absolute Gasteiger partial charge is 0.543 e. The highest BCUT2D eigenvalue weighted by molar-refractivity contribution is 8.00. The Kier molecular flexibility index (Phi) is 8.21. The summed E-state index contributed by atoms with van der Waals surface area (Å²) in [6.07, 6.45) is 10.3. The van der Waals surface area contributed by atoms with Crippen molar-refractivity contribution in [2.45, 2.75) is 18.0 Å². The molecular formula is C28H23N7O5S. The number of pyridine rings is 1. The summed E-state index contributed by atoms with van der Waals surface area (Å²) >= 11 is 1.34. The van der Waals surface area contributed by atoms with Crippen molar-refractivity contribution in [1.29, 1.82) is 0 Å². The molecule has 2 N–H and O–H groups in total. The van der Waals surface area contributed by atoms with E-state index < -0.39 is 29.2 Å². The van der Waals surface area contributed by atoms with E-state index in [1.807, 2.05) is 53.1 Å². The highest BCUT2D eigenvalue weighted by Gasteiger charge is 2.53. The molecule has 41 heavy (non-hydrogen) atoms. The number of carboxylic acid groups (broad SMARTS) is 1. The van der Waals surface area contributed by atoms with Gasteiger partial charge in [0, 0.05) is 35.3 Å². The molecule has 1 fully saturated rings. The summed E-state index contributed by atoms with van der Waals surface area (Å²) in [5.74, 6) is 0.0651. The average molecular weight is 570 g/mol. The Balaban J connectivity index is 1.35. The van der Waals surface area contributed by atoms with Crippen LogP contribution in [0.2, 0.25) is 0 Å². The first-order valence-corrected chi connectivity index (χ1v) is 13.4. The Morgan fingerprint density at radius 3 is 2.68 bits per heavy atom. The number of benzene rings is 1. The van der Waals surface area contributed by atoms with Crippen LogP contribution in [0.5, 0.6) is 0 Å². The number of fused-ring (bicyclic) bond motifs is 1. The summed E-state index contributed by atoms with van der Waals surface area (Å²) in [5, 5.41) is 21.0. The van der Waals surface area contributed by atoms with E-state index in [0.29, 0.717) is 17.1 Å². The van der Waals surface area contributed by atoms with E-state index in [-0.39, 0.29) is 30.4 Å². The van der Waals surface area contributed by atoms with Crippen LogP contribution in [0.15, 0.2) is 89.6 Å². The molecule has 2 aliphatic rings. The molecule has 1 aromatic carbocycles. The number of β-lactam (4-membered cyclic amide) rings is 1. The number of carboxylic acids is 1. The topological polar surface area (TPSA) is 153 Å². The number of nitrogens with zero attached hydrogens (tertiary/aromatic N) is 5. The number of hydrogen-bond acceptors (Lipinski definition) is 10. The lowest BCUT2D eigenvalue weighted by molar-refractivity contribution is -0.689. The van der Waals surface area contributed by atoms with Gasteiger partial charge in [0.2, 0.25) is 5.71 Å². The lowest BCUT2D eigenvalue weighted by Gasteiger charge is -2.50. The van der Waals surface area contributed by atoms with Crippen molar-refractivity contribution >= 4 is 46.8 Å². The Labute approximate surface area is 239 Å². The van der Waals surface area contributed by atoms with Crippen LogP contribution in [0.1, 0.15) is 5.82 Å². The molecule has 2 atom stereocenters.